The van der Waals surface area contributed by atoms with Crippen molar-refractivity contribution in [3.8, 4) is 0 Å². The van der Waals surface area contributed by atoms with Gasteiger partial charge in [0.1, 0.15) is 0 Å². The minimum atomic E-state index is 0.0357. The number of pyridine rings is 2. The van der Waals surface area contributed by atoms with Crippen LogP contribution in [-0.4, -0.2) is 9.55 Å². The molecular formula is C17H16BrN3O. The maximum absolute atomic E-state index is 12.2. The van der Waals surface area contributed by atoms with Crippen LogP contribution < -0.4 is 10.9 Å². The summed E-state index contributed by atoms with van der Waals surface area (Å²) in [5.74, 6) is 0. The number of fused-ring (bicyclic) bond motifs is 1. The van der Waals surface area contributed by atoms with Gasteiger partial charge in [0.2, 0.25) is 0 Å². The molecule has 0 saturated carbocycles. The van der Waals surface area contributed by atoms with Crippen molar-refractivity contribution >= 4 is 32.5 Å². The zero-order valence-electron chi connectivity index (χ0n) is 12.4. The molecule has 4 nitrogen and oxygen atoms in total. The molecule has 0 amide bonds. The van der Waals surface area contributed by atoms with Crippen LogP contribution in [0.1, 0.15) is 11.3 Å². The van der Waals surface area contributed by atoms with E-state index in [4.69, 9.17) is 0 Å². The molecular weight excluding hydrogens is 342 g/mol. The van der Waals surface area contributed by atoms with Gasteiger partial charge < -0.3 is 9.88 Å². The molecule has 5 heteroatoms. The predicted molar refractivity (Wildman–Crippen MR) is 93.2 cm³/mol. The maximum atomic E-state index is 12.2. The fraction of sp³-hybridized carbons (Fsp3) is 0.176. The van der Waals surface area contributed by atoms with Crippen LogP contribution in [0.5, 0.6) is 0 Å². The highest BCUT2D eigenvalue weighted by atomic mass is 79.9. The van der Waals surface area contributed by atoms with E-state index in [1.165, 1.54) is 0 Å². The first-order valence-electron chi connectivity index (χ1n) is 7.00. The number of nitrogens with one attached hydrogen (secondary N) is 1. The van der Waals surface area contributed by atoms with E-state index in [1.54, 1.807) is 17.8 Å². The lowest BCUT2D eigenvalue weighted by molar-refractivity contribution is 0.799. The second kappa shape index (κ2) is 5.93. The number of benzene rings is 1. The molecule has 0 aliphatic rings. The lowest BCUT2D eigenvalue weighted by Gasteiger charge is -2.11. The van der Waals surface area contributed by atoms with Gasteiger partial charge in [0.05, 0.1) is 5.52 Å². The Morgan fingerprint density at radius 1 is 1.23 bits per heavy atom. The first-order chi connectivity index (χ1) is 10.6. The lowest BCUT2D eigenvalue weighted by Crippen LogP contribution is -2.24. The Balaban J connectivity index is 1.92. The summed E-state index contributed by atoms with van der Waals surface area (Å²) in [6.45, 7) is 2.41. The quantitative estimate of drug-likeness (QED) is 0.778. The van der Waals surface area contributed by atoms with Crippen molar-refractivity contribution in [2.24, 2.45) is 7.05 Å². The molecule has 0 atom stereocenters. The summed E-state index contributed by atoms with van der Waals surface area (Å²) in [7, 11) is 1.79. The lowest BCUT2D eigenvalue weighted by atomic mass is 10.1. The van der Waals surface area contributed by atoms with E-state index in [0.717, 1.165) is 32.3 Å². The standard InChI is InChI=1S/C17H16BrN3O/c1-11-3-4-12(17(22)21(11)2)10-20-15-7-8-19-16-9-13(18)5-6-14(15)16/h3-9H,10H2,1-2H3,(H,19,20). The van der Waals surface area contributed by atoms with E-state index in [9.17, 15) is 4.79 Å². The molecule has 0 aliphatic heterocycles. The van der Waals surface area contributed by atoms with Crippen LogP contribution in [0.25, 0.3) is 10.9 Å². The molecule has 0 fully saturated rings. The summed E-state index contributed by atoms with van der Waals surface area (Å²) in [6, 6.07) is 11.7. The van der Waals surface area contributed by atoms with Crippen LogP contribution in [0.15, 0.2) is 51.9 Å². The van der Waals surface area contributed by atoms with E-state index < -0.39 is 0 Å². The van der Waals surface area contributed by atoms with Crippen LogP contribution >= 0.6 is 15.9 Å². The molecule has 22 heavy (non-hydrogen) atoms. The molecule has 1 N–H and O–H groups in total. The summed E-state index contributed by atoms with van der Waals surface area (Å²) in [5.41, 5.74) is 3.62. The first-order valence-corrected chi connectivity index (χ1v) is 7.79. The number of anilines is 1. The fourth-order valence-electron chi connectivity index (χ4n) is 2.38. The van der Waals surface area contributed by atoms with Gasteiger partial charge >= 0.3 is 0 Å². The Morgan fingerprint density at radius 3 is 2.86 bits per heavy atom. The normalized spacial score (nSPS) is 10.9. The maximum Gasteiger partial charge on any atom is 0.255 e. The van der Waals surface area contributed by atoms with Gasteiger partial charge in [-0.3, -0.25) is 9.78 Å². The van der Waals surface area contributed by atoms with Crippen molar-refractivity contribution in [1.82, 2.24) is 9.55 Å². The van der Waals surface area contributed by atoms with Crippen LogP contribution in [-0.2, 0) is 13.6 Å². The molecule has 0 saturated heterocycles. The number of hydrogen-bond donors (Lipinski definition) is 1. The highest BCUT2D eigenvalue weighted by Crippen LogP contribution is 2.24. The van der Waals surface area contributed by atoms with Gasteiger partial charge in [0.25, 0.3) is 5.56 Å². The van der Waals surface area contributed by atoms with E-state index in [2.05, 4.69) is 26.2 Å². The molecule has 3 rings (SSSR count). The number of aryl methyl sites for hydroxylation is 1. The van der Waals surface area contributed by atoms with Crippen molar-refractivity contribution in [2.45, 2.75) is 13.5 Å². The van der Waals surface area contributed by atoms with Gasteiger partial charge in [-0.05, 0) is 37.3 Å². The van der Waals surface area contributed by atoms with E-state index in [0.29, 0.717) is 6.54 Å². The smallest absolute Gasteiger partial charge is 0.255 e. The minimum absolute atomic E-state index is 0.0357. The van der Waals surface area contributed by atoms with Gasteiger partial charge in [-0.2, -0.15) is 0 Å². The van der Waals surface area contributed by atoms with Crippen LogP contribution in [0.4, 0.5) is 5.69 Å². The highest BCUT2D eigenvalue weighted by Gasteiger charge is 2.06. The number of rotatable bonds is 3. The summed E-state index contributed by atoms with van der Waals surface area (Å²) in [6.07, 6.45) is 1.77. The molecule has 112 valence electrons. The van der Waals surface area contributed by atoms with Gasteiger partial charge in [-0.15, -0.1) is 0 Å². The number of halogens is 1. The van der Waals surface area contributed by atoms with Crippen molar-refractivity contribution in [3.63, 3.8) is 0 Å². The zero-order valence-corrected chi connectivity index (χ0v) is 14.0. The van der Waals surface area contributed by atoms with E-state index in [-0.39, 0.29) is 5.56 Å². The highest BCUT2D eigenvalue weighted by molar-refractivity contribution is 9.10. The van der Waals surface area contributed by atoms with Crippen LogP contribution in [0.2, 0.25) is 0 Å². The third kappa shape index (κ3) is 2.76. The van der Waals surface area contributed by atoms with Gasteiger partial charge in [0, 0.05) is 46.6 Å². The molecule has 3 aromatic rings. The Kier molecular flexibility index (Phi) is 3.98. The van der Waals surface area contributed by atoms with E-state index >= 15 is 0 Å². The summed E-state index contributed by atoms with van der Waals surface area (Å²) in [4.78, 5) is 16.6. The van der Waals surface area contributed by atoms with Crippen LogP contribution in [0.3, 0.4) is 0 Å². The molecule has 0 unspecified atom stereocenters. The number of hydrogen-bond acceptors (Lipinski definition) is 3. The molecule has 2 heterocycles. The average Bonchev–Trinajstić information content (AvgIpc) is 2.51. The third-order valence-electron chi connectivity index (χ3n) is 3.81. The van der Waals surface area contributed by atoms with E-state index in [1.807, 2.05) is 43.3 Å². The predicted octanol–water partition coefficient (Wildman–Crippen LogP) is 3.62. The number of nitrogens with zero attached hydrogens (tertiary/aromatic N) is 2. The second-order valence-electron chi connectivity index (χ2n) is 5.24. The first kappa shape index (κ1) is 14.8. The molecule has 1 aromatic carbocycles. The van der Waals surface area contributed by atoms with Crippen molar-refractivity contribution in [1.29, 1.82) is 0 Å². The average molecular weight is 358 g/mol. The number of aromatic nitrogens is 2. The largest absolute Gasteiger partial charge is 0.380 e. The second-order valence-corrected chi connectivity index (χ2v) is 6.15. The molecule has 0 spiro atoms. The molecule has 0 aliphatic carbocycles. The SMILES string of the molecule is Cc1ccc(CNc2ccnc3cc(Br)ccc23)c(=O)n1C. The summed E-state index contributed by atoms with van der Waals surface area (Å²) in [5, 5.41) is 4.38. The monoisotopic (exact) mass is 357 g/mol. The van der Waals surface area contributed by atoms with Gasteiger partial charge in [-0.25, -0.2) is 0 Å². The molecule has 0 radical (unpaired) electrons. The summed E-state index contributed by atoms with van der Waals surface area (Å²) < 4.78 is 2.66. The van der Waals surface area contributed by atoms with Gasteiger partial charge in [-0.1, -0.05) is 22.0 Å². The Morgan fingerprint density at radius 2 is 2.05 bits per heavy atom. The van der Waals surface area contributed by atoms with Gasteiger partial charge in [0.15, 0.2) is 0 Å². The minimum Gasteiger partial charge on any atom is -0.380 e. The van der Waals surface area contributed by atoms with Crippen LogP contribution in [0, 0.1) is 6.92 Å². The Bertz CT molecular complexity index is 902. The third-order valence-corrected chi connectivity index (χ3v) is 4.30. The summed E-state index contributed by atoms with van der Waals surface area (Å²) >= 11 is 3.45. The Hall–Kier alpha value is -2.14. The zero-order chi connectivity index (χ0) is 15.7. The van der Waals surface area contributed by atoms with Crippen molar-refractivity contribution < 1.29 is 0 Å². The fourth-order valence-corrected chi connectivity index (χ4v) is 2.73. The van der Waals surface area contributed by atoms with Crippen molar-refractivity contribution in [3.05, 3.63) is 68.7 Å². The Labute approximate surface area is 136 Å². The molecule has 2 aromatic heterocycles. The molecule has 0 bridgehead atoms. The topological polar surface area (TPSA) is 46.9 Å². The van der Waals surface area contributed by atoms with Crippen molar-refractivity contribution in [2.75, 3.05) is 5.32 Å².